The first-order valence-electron chi connectivity index (χ1n) is 6.79. The van der Waals surface area contributed by atoms with Gasteiger partial charge in [0.25, 0.3) is 0 Å². The summed E-state index contributed by atoms with van der Waals surface area (Å²) in [5.74, 6) is 0.434. The van der Waals surface area contributed by atoms with Gasteiger partial charge in [0.2, 0.25) is 0 Å². The van der Waals surface area contributed by atoms with Gasteiger partial charge in [-0.15, -0.1) is 0 Å². The molecule has 1 fully saturated rings. The molecule has 1 aliphatic rings. The van der Waals surface area contributed by atoms with Crippen LogP contribution in [0.1, 0.15) is 18.4 Å². The maximum Gasteiger partial charge on any atom is 0.319 e. The maximum atomic E-state index is 11.9. The molecule has 2 atom stereocenters. The quantitative estimate of drug-likeness (QED) is 0.871. The first kappa shape index (κ1) is 16.3. The molecule has 2 amide bonds. The van der Waals surface area contributed by atoms with Crippen LogP contribution in [0.15, 0.2) is 18.2 Å². The van der Waals surface area contributed by atoms with Crippen LogP contribution in [0.5, 0.6) is 0 Å². The molecular formula is C14H19ClN2O3S. The van der Waals surface area contributed by atoms with Crippen LogP contribution in [0.3, 0.4) is 0 Å². The number of hydrogen-bond donors (Lipinski definition) is 2. The third kappa shape index (κ3) is 5.30. The van der Waals surface area contributed by atoms with Gasteiger partial charge in [0.15, 0.2) is 0 Å². The van der Waals surface area contributed by atoms with Crippen LogP contribution in [0.2, 0.25) is 5.02 Å². The van der Waals surface area contributed by atoms with Crippen LogP contribution < -0.4 is 10.6 Å². The monoisotopic (exact) mass is 330 g/mol. The number of nitrogens with one attached hydrogen (secondary N) is 2. The van der Waals surface area contributed by atoms with Gasteiger partial charge in [-0.2, -0.15) is 0 Å². The Bertz CT molecular complexity index is 533. The summed E-state index contributed by atoms with van der Waals surface area (Å²) < 4.78 is 16.7. The average Bonchev–Trinajstić information content (AvgIpc) is 2.93. The summed E-state index contributed by atoms with van der Waals surface area (Å²) in [6.07, 6.45) is 3.74. The van der Waals surface area contributed by atoms with E-state index >= 15 is 0 Å². The molecule has 0 aromatic heterocycles. The minimum Gasteiger partial charge on any atom is -0.376 e. The zero-order valence-electron chi connectivity index (χ0n) is 11.9. The fourth-order valence-electron chi connectivity index (χ4n) is 2.17. The van der Waals surface area contributed by atoms with Crippen molar-refractivity contribution in [3.63, 3.8) is 0 Å². The number of hydrogen-bond acceptors (Lipinski definition) is 3. The zero-order chi connectivity index (χ0) is 15.2. The smallest absolute Gasteiger partial charge is 0.319 e. The lowest BCUT2D eigenvalue weighted by molar-refractivity contribution is 0.112. The standard InChI is InChI=1S/C14H19ClN2O3S/c1-21(19)9-10-4-5-12(15)13(7-10)17-14(18)16-8-11-3-2-6-20-11/h4-5,7,11H,2-3,6,8-9H2,1H3,(H2,16,17,18)/t11-,21-/m1/s1. The van der Waals surface area contributed by atoms with Gasteiger partial charge < -0.3 is 15.4 Å². The highest BCUT2D eigenvalue weighted by Gasteiger charge is 2.16. The average molecular weight is 331 g/mol. The van der Waals surface area contributed by atoms with Gasteiger partial charge in [0.05, 0.1) is 16.8 Å². The van der Waals surface area contributed by atoms with Crippen molar-refractivity contribution < 1.29 is 13.7 Å². The summed E-state index contributed by atoms with van der Waals surface area (Å²) in [6.45, 7) is 1.25. The van der Waals surface area contributed by atoms with Gasteiger partial charge >= 0.3 is 6.03 Å². The number of benzene rings is 1. The van der Waals surface area contributed by atoms with Gasteiger partial charge in [-0.05, 0) is 30.5 Å². The van der Waals surface area contributed by atoms with E-state index in [0.717, 1.165) is 25.0 Å². The SMILES string of the molecule is C[S@@](=O)Cc1ccc(Cl)c(NC(=O)NC[C@H]2CCCO2)c1. The number of ether oxygens (including phenoxy) is 1. The minimum absolute atomic E-state index is 0.0973. The van der Waals surface area contributed by atoms with Crippen molar-refractivity contribution >= 4 is 34.1 Å². The molecular weight excluding hydrogens is 312 g/mol. The lowest BCUT2D eigenvalue weighted by atomic mass is 10.2. The molecule has 0 radical (unpaired) electrons. The number of amides is 2. The highest BCUT2D eigenvalue weighted by molar-refractivity contribution is 7.83. The van der Waals surface area contributed by atoms with Gasteiger partial charge in [-0.25, -0.2) is 4.79 Å². The van der Waals surface area contributed by atoms with E-state index < -0.39 is 10.8 Å². The number of carbonyl (C=O) groups excluding carboxylic acids is 1. The van der Waals surface area contributed by atoms with E-state index in [4.69, 9.17) is 16.3 Å². The number of urea groups is 1. The van der Waals surface area contributed by atoms with E-state index in [1.165, 1.54) is 0 Å². The molecule has 0 unspecified atom stereocenters. The Hall–Kier alpha value is -1.11. The molecule has 116 valence electrons. The molecule has 7 heteroatoms. The van der Waals surface area contributed by atoms with Gasteiger partial charge in [-0.1, -0.05) is 17.7 Å². The molecule has 1 aromatic carbocycles. The van der Waals surface area contributed by atoms with Crippen LogP contribution in [0.4, 0.5) is 10.5 Å². The first-order chi connectivity index (χ1) is 10.0. The molecule has 0 aliphatic carbocycles. The number of halogens is 1. The Morgan fingerprint density at radius 1 is 1.52 bits per heavy atom. The van der Waals surface area contributed by atoms with Crippen molar-refractivity contribution in [3.05, 3.63) is 28.8 Å². The van der Waals surface area contributed by atoms with Crippen molar-refractivity contribution in [2.24, 2.45) is 0 Å². The Labute approximate surface area is 131 Å². The highest BCUT2D eigenvalue weighted by atomic mass is 35.5. The zero-order valence-corrected chi connectivity index (χ0v) is 13.4. The molecule has 0 bridgehead atoms. The number of rotatable bonds is 5. The molecule has 0 saturated carbocycles. The molecule has 21 heavy (non-hydrogen) atoms. The molecule has 0 spiro atoms. The second-order valence-electron chi connectivity index (χ2n) is 5.00. The minimum atomic E-state index is -0.937. The second kappa shape index (κ2) is 7.77. The largest absolute Gasteiger partial charge is 0.376 e. The van der Waals surface area contributed by atoms with Crippen LogP contribution in [0.25, 0.3) is 0 Å². The third-order valence-electron chi connectivity index (χ3n) is 3.16. The fourth-order valence-corrected chi connectivity index (χ4v) is 2.98. The van der Waals surface area contributed by atoms with Gasteiger partial charge in [0.1, 0.15) is 0 Å². The van der Waals surface area contributed by atoms with Crippen LogP contribution >= 0.6 is 11.6 Å². The van der Waals surface area contributed by atoms with E-state index in [1.807, 2.05) is 0 Å². The Morgan fingerprint density at radius 2 is 2.33 bits per heavy atom. The summed E-state index contributed by atoms with van der Waals surface area (Å²) in [4.78, 5) is 11.9. The first-order valence-corrected chi connectivity index (χ1v) is 8.90. The molecule has 1 aromatic rings. The molecule has 1 heterocycles. The normalized spacial score (nSPS) is 19.2. The van der Waals surface area contributed by atoms with E-state index in [9.17, 15) is 9.00 Å². The summed E-state index contributed by atoms with van der Waals surface area (Å²) in [6, 6.07) is 4.93. The van der Waals surface area contributed by atoms with Gasteiger partial charge in [-0.3, -0.25) is 4.21 Å². The Kier molecular flexibility index (Phi) is 6.02. The predicted molar refractivity (Wildman–Crippen MR) is 85.2 cm³/mol. The molecule has 1 saturated heterocycles. The third-order valence-corrected chi connectivity index (χ3v) is 4.23. The van der Waals surface area contributed by atoms with Crippen molar-refractivity contribution in [2.45, 2.75) is 24.7 Å². The summed E-state index contributed by atoms with van der Waals surface area (Å²) in [5.41, 5.74) is 1.39. The molecule has 2 N–H and O–H groups in total. The van der Waals surface area contributed by atoms with E-state index in [0.29, 0.717) is 23.0 Å². The van der Waals surface area contributed by atoms with Crippen LogP contribution in [-0.2, 0) is 21.3 Å². The van der Waals surface area contributed by atoms with Crippen molar-refractivity contribution in [2.75, 3.05) is 24.7 Å². The molecule has 2 rings (SSSR count). The predicted octanol–water partition coefficient (Wildman–Crippen LogP) is 2.52. The summed E-state index contributed by atoms with van der Waals surface area (Å²) in [5, 5.41) is 5.93. The fraction of sp³-hybridized carbons (Fsp3) is 0.500. The van der Waals surface area contributed by atoms with Crippen LogP contribution in [-0.4, -0.2) is 35.8 Å². The van der Waals surface area contributed by atoms with Crippen molar-refractivity contribution in [3.8, 4) is 0 Å². The highest BCUT2D eigenvalue weighted by Crippen LogP contribution is 2.23. The van der Waals surface area contributed by atoms with Crippen molar-refractivity contribution in [1.29, 1.82) is 0 Å². The van der Waals surface area contributed by atoms with Crippen LogP contribution in [0, 0.1) is 0 Å². The Balaban J connectivity index is 1.90. The van der Waals surface area contributed by atoms with E-state index in [2.05, 4.69) is 10.6 Å². The second-order valence-corrected chi connectivity index (χ2v) is 6.84. The number of anilines is 1. The van der Waals surface area contributed by atoms with Gasteiger partial charge in [0, 0.05) is 36.0 Å². The maximum absolute atomic E-state index is 11.9. The molecule has 5 nitrogen and oxygen atoms in total. The lowest BCUT2D eigenvalue weighted by Crippen LogP contribution is -2.35. The summed E-state index contributed by atoms with van der Waals surface area (Å²) >= 11 is 6.06. The van der Waals surface area contributed by atoms with Crippen molar-refractivity contribution in [1.82, 2.24) is 5.32 Å². The Morgan fingerprint density at radius 3 is 3.00 bits per heavy atom. The number of carbonyl (C=O) groups is 1. The molecule has 1 aliphatic heterocycles. The van der Waals surface area contributed by atoms with E-state index in [1.54, 1.807) is 24.5 Å². The topological polar surface area (TPSA) is 67.4 Å². The summed E-state index contributed by atoms with van der Waals surface area (Å²) in [7, 11) is -0.937. The van der Waals surface area contributed by atoms with E-state index in [-0.39, 0.29) is 12.1 Å². The lowest BCUT2D eigenvalue weighted by Gasteiger charge is -2.13.